The molecule has 1 aromatic carbocycles. The number of aromatic nitrogens is 3. The van der Waals surface area contributed by atoms with Gasteiger partial charge in [0.25, 0.3) is 0 Å². The van der Waals surface area contributed by atoms with Crippen molar-refractivity contribution in [3.05, 3.63) is 41.0 Å². The van der Waals surface area contributed by atoms with Gasteiger partial charge in [0.1, 0.15) is 5.01 Å². The van der Waals surface area contributed by atoms with Crippen LogP contribution in [0.2, 0.25) is 0 Å². The molecule has 0 unspecified atom stereocenters. The zero-order valence-electron chi connectivity index (χ0n) is 12.0. The standard InChI is InChI=1S/C15H16N4OS/c1-10-4-3-5-13-12(10)6-8-19(13)9-7-14(20)16-15-18-17-11(2)21-15/h3-6,8H,7,9H2,1-2H3,(H,16,18,20). The lowest BCUT2D eigenvalue weighted by Gasteiger charge is -2.06. The molecule has 5 nitrogen and oxygen atoms in total. The molecule has 21 heavy (non-hydrogen) atoms. The summed E-state index contributed by atoms with van der Waals surface area (Å²) in [5.74, 6) is -0.0411. The number of amides is 1. The van der Waals surface area contributed by atoms with Crippen LogP contribution in [0.5, 0.6) is 0 Å². The summed E-state index contributed by atoms with van der Waals surface area (Å²) < 4.78 is 2.10. The number of aryl methyl sites for hydroxylation is 3. The van der Waals surface area contributed by atoms with Crippen molar-refractivity contribution in [2.45, 2.75) is 26.8 Å². The number of hydrogen-bond donors (Lipinski definition) is 1. The van der Waals surface area contributed by atoms with E-state index in [-0.39, 0.29) is 5.91 Å². The van der Waals surface area contributed by atoms with Gasteiger partial charge in [-0.2, -0.15) is 0 Å². The van der Waals surface area contributed by atoms with Crippen LogP contribution in [0.25, 0.3) is 10.9 Å². The summed E-state index contributed by atoms with van der Waals surface area (Å²) in [6, 6.07) is 8.31. The molecular formula is C15H16N4OS. The van der Waals surface area contributed by atoms with E-state index in [2.05, 4.69) is 45.2 Å². The zero-order chi connectivity index (χ0) is 14.8. The van der Waals surface area contributed by atoms with Gasteiger partial charge in [0, 0.05) is 30.1 Å². The number of rotatable bonds is 4. The van der Waals surface area contributed by atoms with Crippen molar-refractivity contribution in [2.75, 3.05) is 5.32 Å². The van der Waals surface area contributed by atoms with Crippen LogP contribution >= 0.6 is 11.3 Å². The zero-order valence-corrected chi connectivity index (χ0v) is 12.8. The van der Waals surface area contributed by atoms with Gasteiger partial charge in [-0.1, -0.05) is 23.5 Å². The second-order valence-corrected chi connectivity index (χ2v) is 6.12. The van der Waals surface area contributed by atoms with Crippen LogP contribution in [0.4, 0.5) is 5.13 Å². The molecule has 0 fully saturated rings. The highest BCUT2D eigenvalue weighted by molar-refractivity contribution is 7.15. The van der Waals surface area contributed by atoms with E-state index in [0.717, 1.165) is 10.5 Å². The van der Waals surface area contributed by atoms with Crippen molar-refractivity contribution in [2.24, 2.45) is 0 Å². The molecule has 2 aromatic heterocycles. The third-order valence-corrected chi connectivity index (χ3v) is 4.14. The second kappa shape index (κ2) is 5.65. The Morgan fingerprint density at radius 2 is 2.14 bits per heavy atom. The SMILES string of the molecule is Cc1nnc(NC(=O)CCn2ccc3c(C)cccc32)s1. The van der Waals surface area contributed by atoms with E-state index in [1.807, 2.05) is 19.2 Å². The first-order valence-electron chi connectivity index (χ1n) is 6.78. The lowest BCUT2D eigenvalue weighted by Crippen LogP contribution is -2.14. The maximum atomic E-state index is 11.9. The van der Waals surface area contributed by atoms with E-state index < -0.39 is 0 Å². The van der Waals surface area contributed by atoms with Crippen molar-refractivity contribution >= 4 is 33.3 Å². The second-order valence-electron chi connectivity index (χ2n) is 4.94. The third kappa shape index (κ3) is 2.95. The molecule has 6 heteroatoms. The fraction of sp³-hybridized carbons (Fsp3) is 0.267. The van der Waals surface area contributed by atoms with Crippen molar-refractivity contribution in [1.29, 1.82) is 0 Å². The minimum absolute atomic E-state index is 0.0411. The van der Waals surface area contributed by atoms with Gasteiger partial charge in [-0.15, -0.1) is 10.2 Å². The molecule has 2 heterocycles. The lowest BCUT2D eigenvalue weighted by atomic mass is 10.1. The molecular weight excluding hydrogens is 284 g/mol. The highest BCUT2D eigenvalue weighted by atomic mass is 32.1. The minimum Gasteiger partial charge on any atom is -0.347 e. The fourth-order valence-corrected chi connectivity index (χ4v) is 2.93. The van der Waals surface area contributed by atoms with Crippen LogP contribution in [-0.4, -0.2) is 20.7 Å². The number of nitrogens with zero attached hydrogens (tertiary/aromatic N) is 3. The van der Waals surface area contributed by atoms with Gasteiger partial charge in [0.05, 0.1) is 0 Å². The molecule has 0 saturated carbocycles. The number of carbonyl (C=O) groups is 1. The molecule has 0 atom stereocenters. The number of hydrogen-bond acceptors (Lipinski definition) is 4. The normalized spacial score (nSPS) is 11.0. The maximum Gasteiger partial charge on any atom is 0.227 e. The Morgan fingerprint density at radius 3 is 2.90 bits per heavy atom. The highest BCUT2D eigenvalue weighted by Crippen LogP contribution is 2.20. The maximum absolute atomic E-state index is 11.9. The quantitative estimate of drug-likeness (QED) is 0.805. The van der Waals surface area contributed by atoms with Crippen LogP contribution in [0.1, 0.15) is 17.0 Å². The number of nitrogens with one attached hydrogen (secondary N) is 1. The van der Waals surface area contributed by atoms with Crippen molar-refractivity contribution in [3.63, 3.8) is 0 Å². The number of carbonyl (C=O) groups excluding carboxylic acids is 1. The van der Waals surface area contributed by atoms with Gasteiger partial charge < -0.3 is 9.88 Å². The van der Waals surface area contributed by atoms with Crippen LogP contribution in [0, 0.1) is 13.8 Å². The average Bonchev–Trinajstić information content (AvgIpc) is 3.04. The van der Waals surface area contributed by atoms with Gasteiger partial charge in [-0.25, -0.2) is 0 Å². The van der Waals surface area contributed by atoms with E-state index in [4.69, 9.17) is 0 Å². The molecule has 0 aliphatic carbocycles. The van der Waals surface area contributed by atoms with Crippen LogP contribution < -0.4 is 5.32 Å². The van der Waals surface area contributed by atoms with E-state index in [0.29, 0.717) is 18.1 Å². The summed E-state index contributed by atoms with van der Waals surface area (Å²) in [6.45, 7) is 4.61. The lowest BCUT2D eigenvalue weighted by molar-refractivity contribution is -0.116. The smallest absolute Gasteiger partial charge is 0.227 e. The summed E-state index contributed by atoms with van der Waals surface area (Å²) >= 11 is 1.38. The number of anilines is 1. The Balaban J connectivity index is 1.66. The first kappa shape index (κ1) is 13.8. The molecule has 0 radical (unpaired) electrons. The molecule has 0 spiro atoms. The van der Waals surface area contributed by atoms with Gasteiger partial charge in [-0.05, 0) is 31.5 Å². The molecule has 108 valence electrons. The van der Waals surface area contributed by atoms with E-state index in [1.165, 1.54) is 22.3 Å². The summed E-state index contributed by atoms with van der Waals surface area (Å²) in [5, 5.41) is 13.2. The van der Waals surface area contributed by atoms with Gasteiger partial charge >= 0.3 is 0 Å². The molecule has 0 saturated heterocycles. The summed E-state index contributed by atoms with van der Waals surface area (Å²) in [5.41, 5.74) is 2.41. The minimum atomic E-state index is -0.0411. The predicted molar refractivity (Wildman–Crippen MR) is 84.6 cm³/mol. The van der Waals surface area contributed by atoms with Gasteiger partial charge in [-0.3, -0.25) is 4.79 Å². The molecule has 3 rings (SSSR count). The molecule has 0 bridgehead atoms. The average molecular weight is 300 g/mol. The summed E-state index contributed by atoms with van der Waals surface area (Å²) in [4.78, 5) is 11.9. The Morgan fingerprint density at radius 1 is 1.29 bits per heavy atom. The van der Waals surface area contributed by atoms with Crippen LogP contribution in [0.3, 0.4) is 0 Å². The Bertz CT molecular complexity index is 790. The largest absolute Gasteiger partial charge is 0.347 e. The van der Waals surface area contributed by atoms with Gasteiger partial charge in [0.2, 0.25) is 11.0 Å². The molecule has 1 N–H and O–H groups in total. The number of benzene rings is 1. The summed E-state index contributed by atoms with van der Waals surface area (Å²) in [6.07, 6.45) is 2.44. The molecule has 0 aliphatic rings. The predicted octanol–water partition coefficient (Wildman–Crippen LogP) is 3.14. The molecule has 3 aromatic rings. The van der Waals surface area contributed by atoms with E-state index >= 15 is 0 Å². The van der Waals surface area contributed by atoms with Crippen LogP contribution in [0.15, 0.2) is 30.5 Å². The monoisotopic (exact) mass is 300 g/mol. The fourth-order valence-electron chi connectivity index (χ4n) is 2.32. The Kier molecular flexibility index (Phi) is 3.70. The topological polar surface area (TPSA) is 59.8 Å². The van der Waals surface area contributed by atoms with E-state index in [9.17, 15) is 4.79 Å². The Hall–Kier alpha value is -2.21. The van der Waals surface area contributed by atoms with Crippen LogP contribution in [-0.2, 0) is 11.3 Å². The van der Waals surface area contributed by atoms with Crippen molar-refractivity contribution < 1.29 is 4.79 Å². The summed E-state index contributed by atoms with van der Waals surface area (Å²) in [7, 11) is 0. The number of fused-ring (bicyclic) bond motifs is 1. The van der Waals surface area contributed by atoms with Crippen molar-refractivity contribution in [1.82, 2.24) is 14.8 Å². The highest BCUT2D eigenvalue weighted by Gasteiger charge is 2.08. The Labute approximate surface area is 126 Å². The van der Waals surface area contributed by atoms with Crippen molar-refractivity contribution in [3.8, 4) is 0 Å². The first-order chi connectivity index (χ1) is 10.1. The first-order valence-corrected chi connectivity index (χ1v) is 7.59. The van der Waals surface area contributed by atoms with E-state index in [1.54, 1.807) is 0 Å². The third-order valence-electron chi connectivity index (χ3n) is 3.38. The molecule has 0 aliphatic heterocycles. The molecule has 1 amide bonds. The van der Waals surface area contributed by atoms with Gasteiger partial charge in [0.15, 0.2) is 0 Å².